The average molecular weight is 558 g/mol. The number of benzene rings is 2. The number of pyridine rings is 1. The van der Waals surface area contributed by atoms with Crippen LogP contribution in [0.2, 0.25) is 0 Å². The van der Waals surface area contributed by atoms with Gasteiger partial charge in [-0.3, -0.25) is 19.0 Å². The van der Waals surface area contributed by atoms with Crippen LogP contribution in [0.5, 0.6) is 5.75 Å². The van der Waals surface area contributed by atoms with Crippen LogP contribution >= 0.6 is 0 Å². The Balaban J connectivity index is 1.50. The zero-order valence-electron chi connectivity index (χ0n) is 23.3. The molecule has 9 nitrogen and oxygen atoms in total. The Hall–Kier alpha value is -4.21. The van der Waals surface area contributed by atoms with Crippen LogP contribution in [0.25, 0.3) is 5.69 Å². The number of hydrogen-bond donors (Lipinski definition) is 2. The lowest BCUT2D eigenvalue weighted by molar-refractivity contribution is -0.139. The minimum Gasteiger partial charge on any atom is -0.491 e. The predicted molar refractivity (Wildman–Crippen MR) is 155 cm³/mol. The van der Waals surface area contributed by atoms with Crippen molar-refractivity contribution in [1.29, 1.82) is 0 Å². The molecule has 41 heavy (non-hydrogen) atoms. The molecule has 2 aliphatic heterocycles. The number of amides is 2. The Morgan fingerprint density at radius 1 is 1.15 bits per heavy atom. The zero-order valence-corrected chi connectivity index (χ0v) is 23.3. The maximum atomic E-state index is 14.0. The summed E-state index contributed by atoms with van der Waals surface area (Å²) in [4.78, 5) is 43.0. The molecule has 0 bridgehead atoms. The number of aliphatic hydroxyl groups excluding tert-OH is 1. The molecule has 1 saturated heterocycles. The number of fused-ring (bicyclic) bond motifs is 1. The Bertz CT molecular complexity index is 1520. The van der Waals surface area contributed by atoms with Gasteiger partial charge < -0.3 is 24.7 Å². The van der Waals surface area contributed by atoms with E-state index in [1.807, 2.05) is 30.3 Å². The second kappa shape index (κ2) is 11.7. The van der Waals surface area contributed by atoms with E-state index in [-0.39, 0.29) is 42.8 Å². The molecule has 2 aliphatic rings. The summed E-state index contributed by atoms with van der Waals surface area (Å²) in [5.74, 6) is -1.09. The van der Waals surface area contributed by atoms with E-state index in [2.05, 4.69) is 0 Å². The molecule has 0 unspecified atom stereocenters. The van der Waals surface area contributed by atoms with Crippen molar-refractivity contribution in [1.82, 2.24) is 9.47 Å². The normalized spacial score (nSPS) is 21.0. The van der Waals surface area contributed by atoms with Gasteiger partial charge in [0, 0.05) is 36.3 Å². The summed E-state index contributed by atoms with van der Waals surface area (Å²) < 4.78 is 6.61. The maximum Gasteiger partial charge on any atom is 0.297 e. The van der Waals surface area contributed by atoms with Crippen LogP contribution in [-0.2, 0) is 21.7 Å². The lowest BCUT2D eigenvalue weighted by Crippen LogP contribution is -2.44. The molecule has 1 aromatic heterocycles. The summed E-state index contributed by atoms with van der Waals surface area (Å²) in [5, 5.41) is 21.7. The van der Waals surface area contributed by atoms with Crippen molar-refractivity contribution < 1.29 is 24.5 Å². The fourth-order valence-electron chi connectivity index (χ4n) is 5.82. The molecule has 3 heterocycles. The largest absolute Gasteiger partial charge is 0.491 e. The SMILES string of the molecule is COc1cccn(-c2ccc3c(c2)[C@@](O)([C@H](C)/C=C/CC(=O)N2CCC[C@H]2CO)C(=O)N3Cc2ccccc2)c1=O. The third-order valence-electron chi connectivity index (χ3n) is 8.13. The van der Waals surface area contributed by atoms with Crippen molar-refractivity contribution in [3.8, 4) is 11.4 Å². The van der Waals surface area contributed by atoms with Gasteiger partial charge in [-0.05, 0) is 48.7 Å². The zero-order chi connectivity index (χ0) is 29.1. The van der Waals surface area contributed by atoms with Crippen molar-refractivity contribution >= 4 is 17.5 Å². The number of nitrogens with zero attached hydrogens (tertiary/aromatic N) is 3. The van der Waals surface area contributed by atoms with E-state index in [4.69, 9.17) is 4.74 Å². The Labute approximate surface area is 238 Å². The number of hydrogen-bond acceptors (Lipinski definition) is 6. The molecule has 3 atom stereocenters. The first kappa shape index (κ1) is 28.3. The van der Waals surface area contributed by atoms with Gasteiger partial charge in [-0.1, -0.05) is 49.4 Å². The van der Waals surface area contributed by atoms with Gasteiger partial charge in [-0.2, -0.15) is 0 Å². The Morgan fingerprint density at radius 3 is 2.66 bits per heavy atom. The van der Waals surface area contributed by atoms with Crippen molar-refractivity contribution in [2.45, 2.75) is 44.4 Å². The fourth-order valence-corrected chi connectivity index (χ4v) is 5.82. The molecular formula is C32H35N3O6. The molecule has 5 rings (SSSR count). The molecule has 2 amide bonds. The Morgan fingerprint density at radius 2 is 1.93 bits per heavy atom. The van der Waals surface area contributed by atoms with Gasteiger partial charge in [0.2, 0.25) is 5.91 Å². The second-order valence-corrected chi connectivity index (χ2v) is 10.6. The highest BCUT2D eigenvalue weighted by molar-refractivity contribution is 6.07. The highest BCUT2D eigenvalue weighted by Gasteiger charge is 2.52. The first-order chi connectivity index (χ1) is 19.8. The number of carbonyl (C=O) groups excluding carboxylic acids is 2. The molecule has 2 aromatic carbocycles. The fraction of sp³-hybridized carbons (Fsp3) is 0.344. The van der Waals surface area contributed by atoms with Gasteiger partial charge in [0.25, 0.3) is 11.5 Å². The van der Waals surface area contributed by atoms with E-state index >= 15 is 0 Å². The summed E-state index contributed by atoms with van der Waals surface area (Å²) in [6, 6.07) is 17.8. The monoisotopic (exact) mass is 557 g/mol. The number of methoxy groups -OCH3 is 1. The van der Waals surface area contributed by atoms with Gasteiger partial charge in [-0.15, -0.1) is 0 Å². The quantitative estimate of drug-likeness (QED) is 0.391. The van der Waals surface area contributed by atoms with E-state index in [9.17, 15) is 24.6 Å². The minimum absolute atomic E-state index is 0.0626. The molecular weight excluding hydrogens is 522 g/mol. The van der Waals surface area contributed by atoms with Crippen molar-refractivity contribution in [2.75, 3.05) is 25.2 Å². The topological polar surface area (TPSA) is 112 Å². The van der Waals surface area contributed by atoms with Crippen LogP contribution in [0.1, 0.15) is 37.3 Å². The van der Waals surface area contributed by atoms with Gasteiger partial charge in [0.1, 0.15) is 0 Å². The highest BCUT2D eigenvalue weighted by atomic mass is 16.5. The van der Waals surface area contributed by atoms with Gasteiger partial charge in [0.15, 0.2) is 11.4 Å². The average Bonchev–Trinajstić information content (AvgIpc) is 3.56. The predicted octanol–water partition coefficient (Wildman–Crippen LogP) is 3.15. The molecule has 214 valence electrons. The van der Waals surface area contributed by atoms with Crippen LogP contribution in [0.4, 0.5) is 5.69 Å². The molecule has 0 spiro atoms. The summed E-state index contributed by atoms with van der Waals surface area (Å²) in [6.07, 6.45) is 6.73. The van der Waals surface area contributed by atoms with Gasteiger partial charge in [0.05, 0.1) is 32.0 Å². The smallest absolute Gasteiger partial charge is 0.297 e. The molecule has 2 N–H and O–H groups in total. The van der Waals surface area contributed by atoms with Gasteiger partial charge >= 0.3 is 0 Å². The number of rotatable bonds is 9. The first-order valence-corrected chi connectivity index (χ1v) is 13.9. The lowest BCUT2D eigenvalue weighted by Gasteiger charge is -2.28. The van der Waals surface area contributed by atoms with Crippen LogP contribution in [-0.4, -0.2) is 57.8 Å². The van der Waals surface area contributed by atoms with E-state index in [1.165, 1.54) is 11.7 Å². The van der Waals surface area contributed by atoms with Crippen LogP contribution < -0.4 is 15.2 Å². The summed E-state index contributed by atoms with van der Waals surface area (Å²) in [5.41, 5.74) is 0.0364. The third-order valence-corrected chi connectivity index (χ3v) is 8.13. The van der Waals surface area contributed by atoms with Gasteiger partial charge in [-0.25, -0.2) is 0 Å². The number of aliphatic hydroxyl groups is 2. The Kier molecular flexibility index (Phi) is 8.10. The van der Waals surface area contributed by atoms with E-state index in [1.54, 1.807) is 65.4 Å². The summed E-state index contributed by atoms with van der Waals surface area (Å²) >= 11 is 0. The molecule has 0 aliphatic carbocycles. The summed E-state index contributed by atoms with van der Waals surface area (Å²) in [7, 11) is 1.43. The van der Waals surface area contributed by atoms with Crippen molar-refractivity contribution in [3.05, 3.63) is 100 Å². The summed E-state index contributed by atoms with van der Waals surface area (Å²) in [6.45, 7) is 2.56. The highest BCUT2D eigenvalue weighted by Crippen LogP contribution is 2.46. The molecule has 0 radical (unpaired) electrons. The molecule has 0 saturated carbocycles. The minimum atomic E-state index is -1.93. The van der Waals surface area contributed by atoms with E-state index < -0.39 is 17.4 Å². The second-order valence-electron chi connectivity index (χ2n) is 10.6. The maximum absolute atomic E-state index is 14.0. The number of anilines is 1. The van der Waals surface area contributed by atoms with Crippen LogP contribution in [0.15, 0.2) is 83.8 Å². The third kappa shape index (κ3) is 5.18. The van der Waals surface area contributed by atoms with Crippen LogP contribution in [0.3, 0.4) is 0 Å². The number of aromatic nitrogens is 1. The molecule has 9 heteroatoms. The standard InChI is InChI=1S/C32H35N3O6/c1-22(9-6-14-29(37)33-17-7-12-25(33)21-36)32(40)26-19-24(34-18-8-13-28(41-2)30(34)38)15-16-27(26)35(31(32)39)20-23-10-4-3-5-11-23/h3-6,8-11,13,15-16,18-19,22,25,36,40H,7,12,14,17,20-21H2,1-2H3/b9-6+/t22-,25+,32+/m1/s1. The first-order valence-electron chi connectivity index (χ1n) is 13.9. The van der Waals surface area contributed by atoms with Crippen molar-refractivity contribution in [2.24, 2.45) is 5.92 Å². The number of likely N-dealkylation sites (tertiary alicyclic amines) is 1. The van der Waals surface area contributed by atoms with E-state index in [0.29, 0.717) is 23.5 Å². The number of ether oxygens (including phenoxy) is 1. The van der Waals surface area contributed by atoms with Crippen LogP contribution in [0, 0.1) is 5.92 Å². The van der Waals surface area contributed by atoms with Crippen molar-refractivity contribution in [3.63, 3.8) is 0 Å². The lowest BCUT2D eigenvalue weighted by atomic mass is 9.82. The number of carbonyl (C=O) groups is 2. The van der Waals surface area contributed by atoms with E-state index in [0.717, 1.165) is 18.4 Å². The molecule has 3 aromatic rings. The molecule has 1 fully saturated rings.